The van der Waals surface area contributed by atoms with Gasteiger partial charge in [0.2, 0.25) is 0 Å². The first-order valence-electron chi connectivity index (χ1n) is 8.68. The van der Waals surface area contributed by atoms with Gasteiger partial charge in [0.15, 0.2) is 5.69 Å². The molecule has 1 aromatic heterocycles. The van der Waals surface area contributed by atoms with E-state index in [0.29, 0.717) is 11.3 Å². The Labute approximate surface area is 145 Å². The minimum Gasteiger partial charge on any atom is -0.348 e. The van der Waals surface area contributed by atoms with Crippen molar-refractivity contribution in [2.45, 2.75) is 38.6 Å². The molecule has 0 radical (unpaired) electrons. The van der Waals surface area contributed by atoms with E-state index in [2.05, 4.69) is 15.5 Å². The Hall–Kier alpha value is -2.69. The number of benzene rings is 2. The predicted octanol–water partition coefficient (Wildman–Crippen LogP) is 4.35. The van der Waals surface area contributed by atoms with Crippen molar-refractivity contribution < 1.29 is 9.18 Å². The lowest BCUT2D eigenvalue weighted by molar-refractivity contribution is 0.0934. The maximum atomic E-state index is 13.9. The molecule has 1 aliphatic rings. The number of nitrogens with zero attached hydrogens (tertiary/aromatic N) is 1. The number of fused-ring (bicyclic) bond motifs is 1. The number of aromatic amines is 1. The summed E-state index contributed by atoms with van der Waals surface area (Å²) in [7, 11) is 0. The molecule has 2 aromatic carbocycles. The van der Waals surface area contributed by atoms with Gasteiger partial charge in [0.1, 0.15) is 5.82 Å². The van der Waals surface area contributed by atoms with Gasteiger partial charge in [-0.25, -0.2) is 4.39 Å². The molecule has 1 heterocycles. The molecule has 128 valence electrons. The van der Waals surface area contributed by atoms with Crippen LogP contribution in [0.25, 0.3) is 22.0 Å². The molecule has 4 rings (SSSR count). The predicted molar refractivity (Wildman–Crippen MR) is 95.9 cm³/mol. The SMILES string of the molecule is Cc1c(F)cccc1-c1ccc2[nH]nc(C(=O)NC3CCCC3)c2c1. The normalized spacial score (nSPS) is 15.0. The van der Waals surface area contributed by atoms with Gasteiger partial charge in [-0.15, -0.1) is 0 Å². The van der Waals surface area contributed by atoms with E-state index in [1.807, 2.05) is 24.3 Å². The molecule has 1 amide bonds. The summed E-state index contributed by atoms with van der Waals surface area (Å²) in [6, 6.07) is 11.0. The Balaban J connectivity index is 1.72. The van der Waals surface area contributed by atoms with Crippen molar-refractivity contribution in [1.82, 2.24) is 15.5 Å². The highest BCUT2D eigenvalue weighted by molar-refractivity contribution is 6.05. The summed E-state index contributed by atoms with van der Waals surface area (Å²) >= 11 is 0. The molecular formula is C20H20FN3O. The van der Waals surface area contributed by atoms with Crippen molar-refractivity contribution in [3.05, 3.63) is 53.5 Å². The maximum absolute atomic E-state index is 13.9. The number of hydrogen-bond donors (Lipinski definition) is 2. The minimum absolute atomic E-state index is 0.147. The van der Waals surface area contributed by atoms with Crippen LogP contribution in [0.5, 0.6) is 0 Å². The van der Waals surface area contributed by atoms with Crippen molar-refractivity contribution in [2.75, 3.05) is 0 Å². The molecule has 0 atom stereocenters. The van der Waals surface area contributed by atoms with Gasteiger partial charge in [0.05, 0.1) is 5.52 Å². The Morgan fingerprint density at radius 2 is 2.04 bits per heavy atom. The van der Waals surface area contributed by atoms with Crippen LogP contribution in [0, 0.1) is 12.7 Å². The number of amides is 1. The lowest BCUT2D eigenvalue weighted by Crippen LogP contribution is -2.32. The number of nitrogens with one attached hydrogen (secondary N) is 2. The fourth-order valence-corrected chi connectivity index (χ4v) is 3.60. The number of rotatable bonds is 3. The van der Waals surface area contributed by atoms with Gasteiger partial charge < -0.3 is 5.32 Å². The molecule has 1 saturated carbocycles. The van der Waals surface area contributed by atoms with Crippen LogP contribution in [0.15, 0.2) is 36.4 Å². The van der Waals surface area contributed by atoms with E-state index in [9.17, 15) is 9.18 Å². The van der Waals surface area contributed by atoms with E-state index in [-0.39, 0.29) is 17.8 Å². The largest absolute Gasteiger partial charge is 0.348 e. The molecule has 0 unspecified atom stereocenters. The monoisotopic (exact) mass is 337 g/mol. The maximum Gasteiger partial charge on any atom is 0.272 e. The minimum atomic E-state index is -0.232. The molecule has 0 spiro atoms. The van der Waals surface area contributed by atoms with Crippen LogP contribution >= 0.6 is 0 Å². The third kappa shape index (κ3) is 2.90. The summed E-state index contributed by atoms with van der Waals surface area (Å²) in [5.74, 6) is -0.379. The number of aromatic nitrogens is 2. The fourth-order valence-electron chi connectivity index (χ4n) is 3.60. The van der Waals surface area contributed by atoms with Gasteiger partial charge in [0.25, 0.3) is 5.91 Å². The third-order valence-electron chi connectivity index (χ3n) is 5.05. The van der Waals surface area contributed by atoms with Crippen molar-refractivity contribution >= 4 is 16.8 Å². The molecule has 0 saturated heterocycles. The van der Waals surface area contributed by atoms with Crippen molar-refractivity contribution in [1.29, 1.82) is 0 Å². The molecule has 25 heavy (non-hydrogen) atoms. The first-order valence-corrected chi connectivity index (χ1v) is 8.68. The molecule has 0 bridgehead atoms. The highest BCUT2D eigenvalue weighted by atomic mass is 19.1. The summed E-state index contributed by atoms with van der Waals surface area (Å²) in [5.41, 5.74) is 3.50. The highest BCUT2D eigenvalue weighted by Gasteiger charge is 2.21. The number of halogens is 1. The first kappa shape index (κ1) is 15.8. The van der Waals surface area contributed by atoms with Gasteiger partial charge >= 0.3 is 0 Å². The topological polar surface area (TPSA) is 57.8 Å². The average Bonchev–Trinajstić information content (AvgIpc) is 3.26. The lowest BCUT2D eigenvalue weighted by Gasteiger charge is -2.11. The van der Waals surface area contributed by atoms with Crippen molar-refractivity contribution in [3.63, 3.8) is 0 Å². The van der Waals surface area contributed by atoms with Crippen molar-refractivity contribution in [2.24, 2.45) is 0 Å². The quantitative estimate of drug-likeness (QED) is 0.746. The second-order valence-corrected chi connectivity index (χ2v) is 6.70. The van der Waals surface area contributed by atoms with Gasteiger partial charge in [-0.05, 0) is 54.7 Å². The van der Waals surface area contributed by atoms with Gasteiger partial charge in [-0.1, -0.05) is 31.0 Å². The van der Waals surface area contributed by atoms with E-state index in [1.54, 1.807) is 13.0 Å². The fraction of sp³-hybridized carbons (Fsp3) is 0.300. The van der Waals surface area contributed by atoms with E-state index >= 15 is 0 Å². The van der Waals surface area contributed by atoms with E-state index in [1.165, 1.54) is 6.07 Å². The summed E-state index contributed by atoms with van der Waals surface area (Å²) < 4.78 is 13.9. The lowest BCUT2D eigenvalue weighted by atomic mass is 9.98. The van der Waals surface area contributed by atoms with Gasteiger partial charge in [-0.2, -0.15) is 5.10 Å². The number of carbonyl (C=O) groups excluding carboxylic acids is 1. The Bertz CT molecular complexity index is 941. The molecule has 3 aromatic rings. The summed E-state index contributed by atoms with van der Waals surface area (Å²) in [6.07, 6.45) is 4.38. The molecule has 1 aliphatic carbocycles. The standard InChI is InChI=1S/C20H20FN3O/c1-12-15(7-4-8-17(12)21)13-9-10-18-16(11-13)19(24-23-18)20(25)22-14-5-2-3-6-14/h4,7-11,14H,2-3,5-6H2,1H3,(H,22,25)(H,23,24). The third-order valence-corrected chi connectivity index (χ3v) is 5.05. The molecule has 2 N–H and O–H groups in total. The van der Waals surface area contributed by atoms with Crippen LogP contribution in [0.4, 0.5) is 4.39 Å². The summed E-state index contributed by atoms with van der Waals surface area (Å²) in [5, 5.41) is 10.9. The Morgan fingerprint density at radius 1 is 1.24 bits per heavy atom. The number of carbonyl (C=O) groups is 1. The second kappa shape index (κ2) is 6.31. The summed E-state index contributed by atoms with van der Waals surface area (Å²) in [4.78, 5) is 12.6. The van der Waals surface area contributed by atoms with Crippen LogP contribution in [0.1, 0.15) is 41.7 Å². The summed E-state index contributed by atoms with van der Waals surface area (Å²) in [6.45, 7) is 1.76. The zero-order valence-electron chi connectivity index (χ0n) is 14.1. The molecule has 5 heteroatoms. The molecule has 0 aliphatic heterocycles. The zero-order valence-corrected chi connectivity index (χ0v) is 14.1. The Kier molecular flexibility index (Phi) is 3.99. The smallest absolute Gasteiger partial charge is 0.272 e. The van der Waals surface area contributed by atoms with E-state index < -0.39 is 0 Å². The molecular weight excluding hydrogens is 317 g/mol. The van der Waals surface area contributed by atoms with E-state index in [4.69, 9.17) is 0 Å². The highest BCUT2D eigenvalue weighted by Crippen LogP contribution is 2.29. The molecule has 4 nitrogen and oxygen atoms in total. The molecule has 1 fully saturated rings. The Morgan fingerprint density at radius 3 is 2.84 bits per heavy atom. The van der Waals surface area contributed by atoms with Crippen LogP contribution in [-0.4, -0.2) is 22.1 Å². The van der Waals surface area contributed by atoms with Gasteiger partial charge in [-0.3, -0.25) is 9.89 Å². The average molecular weight is 337 g/mol. The van der Waals surface area contributed by atoms with Crippen molar-refractivity contribution in [3.8, 4) is 11.1 Å². The van der Waals surface area contributed by atoms with Crippen LogP contribution in [0.3, 0.4) is 0 Å². The van der Waals surface area contributed by atoms with Crippen LogP contribution in [0.2, 0.25) is 0 Å². The van der Waals surface area contributed by atoms with E-state index in [0.717, 1.165) is 47.7 Å². The number of H-pyrrole nitrogens is 1. The first-order chi connectivity index (χ1) is 12.1. The zero-order chi connectivity index (χ0) is 17.4. The van der Waals surface area contributed by atoms with Crippen LogP contribution in [-0.2, 0) is 0 Å². The van der Waals surface area contributed by atoms with Gasteiger partial charge in [0, 0.05) is 11.4 Å². The number of hydrogen-bond acceptors (Lipinski definition) is 2. The second-order valence-electron chi connectivity index (χ2n) is 6.70. The van der Waals surface area contributed by atoms with Crippen LogP contribution < -0.4 is 5.32 Å².